The molecule has 2 aliphatic heterocycles. The van der Waals surface area contributed by atoms with E-state index >= 15 is 0 Å². The summed E-state index contributed by atoms with van der Waals surface area (Å²) >= 11 is 0. The van der Waals surface area contributed by atoms with E-state index in [1.165, 1.54) is 29.8 Å². The average molecular weight is 382 g/mol. The molecule has 0 aliphatic carbocycles. The molecular formula is C23H24F2N2O. The Morgan fingerprint density at radius 2 is 1.82 bits per heavy atom. The Balaban J connectivity index is 1.24. The molecule has 0 spiro atoms. The zero-order valence-electron chi connectivity index (χ0n) is 15.8. The fourth-order valence-electron chi connectivity index (χ4n) is 4.11. The Morgan fingerprint density at radius 3 is 2.57 bits per heavy atom. The molecule has 1 amide bonds. The molecule has 2 aromatic carbocycles. The molecule has 4 rings (SSSR count). The number of nitrogens with zero attached hydrogens (tertiary/aromatic N) is 1. The second kappa shape index (κ2) is 8.23. The van der Waals surface area contributed by atoms with Crippen molar-refractivity contribution in [3.05, 3.63) is 71.3 Å². The van der Waals surface area contributed by atoms with Crippen molar-refractivity contribution in [1.29, 1.82) is 0 Å². The van der Waals surface area contributed by atoms with E-state index in [0.29, 0.717) is 5.69 Å². The molecule has 0 aromatic heterocycles. The first-order chi connectivity index (χ1) is 13.6. The second-order valence-corrected chi connectivity index (χ2v) is 7.56. The molecule has 0 bridgehead atoms. The van der Waals surface area contributed by atoms with Gasteiger partial charge >= 0.3 is 0 Å². The van der Waals surface area contributed by atoms with Crippen molar-refractivity contribution in [2.45, 2.75) is 31.6 Å². The van der Waals surface area contributed by atoms with E-state index in [-0.39, 0.29) is 23.5 Å². The fraction of sp³-hybridized carbons (Fsp3) is 0.348. The average Bonchev–Trinajstić information content (AvgIpc) is 3.00. The molecule has 5 heteroatoms. The third-order valence-electron chi connectivity index (χ3n) is 5.69. The Bertz CT molecular complexity index is 892. The number of unbranched alkanes of at least 4 members (excludes halogenated alkanes) is 1. The molecule has 146 valence electrons. The summed E-state index contributed by atoms with van der Waals surface area (Å²) in [6.07, 6.45) is 5.97. The molecule has 2 heterocycles. The normalized spacial score (nSPS) is 19.3. The van der Waals surface area contributed by atoms with E-state index in [9.17, 15) is 13.6 Å². The molecule has 28 heavy (non-hydrogen) atoms. The van der Waals surface area contributed by atoms with E-state index in [0.717, 1.165) is 56.4 Å². The topological polar surface area (TPSA) is 32.3 Å². The Kier molecular flexibility index (Phi) is 5.53. The van der Waals surface area contributed by atoms with E-state index < -0.39 is 0 Å². The summed E-state index contributed by atoms with van der Waals surface area (Å²) in [6.45, 7) is 2.89. The highest BCUT2D eigenvalue weighted by molar-refractivity contribution is 6.02. The van der Waals surface area contributed by atoms with Gasteiger partial charge in [0.05, 0.1) is 5.92 Å². The van der Waals surface area contributed by atoms with Crippen LogP contribution in [-0.2, 0) is 4.79 Å². The lowest BCUT2D eigenvalue weighted by Gasteiger charge is -2.26. The van der Waals surface area contributed by atoms with Crippen LogP contribution in [0.2, 0.25) is 0 Å². The highest BCUT2D eigenvalue weighted by atomic mass is 19.1. The van der Waals surface area contributed by atoms with Gasteiger partial charge in [0.25, 0.3) is 0 Å². The molecule has 2 aliphatic rings. The molecule has 3 nitrogen and oxygen atoms in total. The van der Waals surface area contributed by atoms with Gasteiger partial charge in [0.1, 0.15) is 11.6 Å². The maximum atomic E-state index is 13.3. The lowest BCUT2D eigenvalue weighted by atomic mass is 9.94. The van der Waals surface area contributed by atoms with E-state index in [2.05, 4.69) is 16.3 Å². The van der Waals surface area contributed by atoms with Gasteiger partial charge in [0.15, 0.2) is 0 Å². The van der Waals surface area contributed by atoms with Crippen LogP contribution in [0.25, 0.3) is 5.57 Å². The number of carbonyl (C=O) groups excluding carboxylic acids is 1. The van der Waals surface area contributed by atoms with E-state index in [1.54, 1.807) is 6.07 Å². The van der Waals surface area contributed by atoms with Gasteiger partial charge < -0.3 is 5.32 Å². The molecule has 1 unspecified atom stereocenters. The lowest BCUT2D eigenvalue weighted by Crippen LogP contribution is -2.29. The van der Waals surface area contributed by atoms with Crippen LogP contribution in [0.5, 0.6) is 0 Å². The van der Waals surface area contributed by atoms with Crippen LogP contribution in [-0.4, -0.2) is 30.4 Å². The minimum absolute atomic E-state index is 0.0227. The Hall–Kier alpha value is -2.53. The lowest BCUT2D eigenvalue weighted by molar-refractivity contribution is -0.117. The van der Waals surface area contributed by atoms with Crippen LogP contribution >= 0.6 is 0 Å². The number of amides is 1. The Morgan fingerprint density at radius 1 is 1.04 bits per heavy atom. The first-order valence-corrected chi connectivity index (χ1v) is 9.88. The number of carbonyl (C=O) groups is 1. The summed E-state index contributed by atoms with van der Waals surface area (Å²) < 4.78 is 26.4. The van der Waals surface area contributed by atoms with Gasteiger partial charge in [-0.3, -0.25) is 9.69 Å². The number of nitrogens with one attached hydrogen (secondary N) is 1. The highest BCUT2D eigenvalue weighted by Crippen LogP contribution is 2.36. The molecule has 0 radical (unpaired) electrons. The number of benzene rings is 2. The van der Waals surface area contributed by atoms with E-state index in [1.807, 2.05) is 12.1 Å². The van der Waals surface area contributed by atoms with Gasteiger partial charge in [0, 0.05) is 18.8 Å². The van der Waals surface area contributed by atoms with Gasteiger partial charge in [0.2, 0.25) is 5.91 Å². The summed E-state index contributed by atoms with van der Waals surface area (Å²) in [7, 11) is 0. The second-order valence-electron chi connectivity index (χ2n) is 7.56. The first-order valence-electron chi connectivity index (χ1n) is 9.88. The molecule has 0 fully saturated rings. The molecule has 2 aromatic rings. The zero-order chi connectivity index (χ0) is 19.5. The molecule has 1 N–H and O–H groups in total. The largest absolute Gasteiger partial charge is 0.325 e. The quantitative estimate of drug-likeness (QED) is 0.716. The SMILES string of the molecule is O=C1Nc2cc(F)ccc2C1CCCCN1CC=C(c2ccc(F)cc2)CC1. The predicted octanol–water partition coefficient (Wildman–Crippen LogP) is 4.96. The molecule has 1 atom stereocenters. The van der Waals surface area contributed by atoms with Crippen LogP contribution in [0.1, 0.15) is 42.7 Å². The fourth-order valence-corrected chi connectivity index (χ4v) is 4.11. The number of fused-ring (bicyclic) bond motifs is 1. The molecular weight excluding hydrogens is 358 g/mol. The van der Waals surface area contributed by atoms with E-state index in [4.69, 9.17) is 0 Å². The van der Waals surface area contributed by atoms with Crippen LogP contribution in [0, 0.1) is 11.6 Å². The van der Waals surface area contributed by atoms with Crippen molar-refractivity contribution in [3.63, 3.8) is 0 Å². The van der Waals surface area contributed by atoms with Crippen LogP contribution in [0.4, 0.5) is 14.5 Å². The van der Waals surface area contributed by atoms with Crippen molar-refractivity contribution < 1.29 is 13.6 Å². The zero-order valence-corrected chi connectivity index (χ0v) is 15.8. The number of hydrogen-bond acceptors (Lipinski definition) is 2. The van der Waals surface area contributed by atoms with Gasteiger partial charge in [-0.25, -0.2) is 8.78 Å². The molecule has 0 saturated carbocycles. The Labute approximate surface area is 164 Å². The van der Waals surface area contributed by atoms with Crippen molar-refractivity contribution in [2.24, 2.45) is 0 Å². The summed E-state index contributed by atoms with van der Waals surface area (Å²) in [5, 5.41) is 2.78. The number of rotatable bonds is 6. The minimum atomic E-state index is -0.321. The van der Waals surface area contributed by atoms with Crippen molar-refractivity contribution in [2.75, 3.05) is 25.0 Å². The summed E-state index contributed by atoms with van der Waals surface area (Å²) in [4.78, 5) is 14.6. The van der Waals surface area contributed by atoms with Gasteiger partial charge in [-0.1, -0.05) is 30.7 Å². The van der Waals surface area contributed by atoms with Gasteiger partial charge in [-0.05, 0) is 66.8 Å². The van der Waals surface area contributed by atoms with Crippen molar-refractivity contribution in [1.82, 2.24) is 4.90 Å². The highest BCUT2D eigenvalue weighted by Gasteiger charge is 2.30. The third-order valence-corrected chi connectivity index (χ3v) is 5.69. The first kappa shape index (κ1) is 18.8. The summed E-state index contributed by atoms with van der Waals surface area (Å²) in [5.74, 6) is -0.712. The number of hydrogen-bond donors (Lipinski definition) is 1. The van der Waals surface area contributed by atoms with Crippen molar-refractivity contribution in [3.8, 4) is 0 Å². The van der Waals surface area contributed by atoms with Crippen molar-refractivity contribution >= 4 is 17.2 Å². The van der Waals surface area contributed by atoms with Crippen LogP contribution < -0.4 is 5.32 Å². The predicted molar refractivity (Wildman–Crippen MR) is 107 cm³/mol. The maximum Gasteiger partial charge on any atom is 0.232 e. The smallest absolute Gasteiger partial charge is 0.232 e. The number of anilines is 1. The van der Waals surface area contributed by atoms with Crippen LogP contribution in [0.3, 0.4) is 0 Å². The van der Waals surface area contributed by atoms with Gasteiger partial charge in [-0.2, -0.15) is 0 Å². The molecule has 0 saturated heterocycles. The standard InChI is InChI=1S/C23H24F2N2O/c24-18-6-4-16(5-7-18)17-10-13-27(14-11-17)12-2-1-3-21-20-9-8-19(25)15-22(20)26-23(21)28/h4-10,15,21H,1-3,11-14H2,(H,26,28). The third kappa shape index (κ3) is 4.14. The van der Waals surface area contributed by atoms with Crippen LogP contribution in [0.15, 0.2) is 48.5 Å². The maximum absolute atomic E-state index is 13.3. The summed E-state index contributed by atoms with van der Waals surface area (Å²) in [5.41, 5.74) is 3.91. The van der Waals surface area contributed by atoms with Gasteiger partial charge in [-0.15, -0.1) is 0 Å². The number of halogens is 2. The minimum Gasteiger partial charge on any atom is -0.325 e. The summed E-state index contributed by atoms with van der Waals surface area (Å²) in [6, 6.07) is 11.2. The monoisotopic (exact) mass is 382 g/mol.